The van der Waals surface area contributed by atoms with Gasteiger partial charge in [0.25, 0.3) is 0 Å². The minimum absolute atomic E-state index is 0.310. The van der Waals surface area contributed by atoms with Gasteiger partial charge in [-0.3, -0.25) is 0 Å². The zero-order valence-electron chi connectivity index (χ0n) is 10.8. The van der Waals surface area contributed by atoms with Crippen molar-refractivity contribution in [1.29, 1.82) is 5.26 Å². The highest BCUT2D eigenvalue weighted by Gasteiger charge is 2.06. The van der Waals surface area contributed by atoms with Crippen molar-refractivity contribution in [2.24, 2.45) is 5.92 Å². The van der Waals surface area contributed by atoms with Crippen molar-refractivity contribution >= 4 is 0 Å². The fourth-order valence-electron chi connectivity index (χ4n) is 1.82. The van der Waals surface area contributed by atoms with Gasteiger partial charge in [-0.1, -0.05) is 26.7 Å². The molecule has 3 nitrogen and oxygen atoms in total. The van der Waals surface area contributed by atoms with Crippen LogP contribution in [0.2, 0.25) is 0 Å². The molecule has 0 fully saturated rings. The average Bonchev–Trinajstić information content (AvgIpc) is 2.24. The lowest BCUT2D eigenvalue weighted by atomic mass is 10.1. The van der Waals surface area contributed by atoms with Crippen molar-refractivity contribution in [2.75, 3.05) is 26.2 Å². The summed E-state index contributed by atoms with van der Waals surface area (Å²) >= 11 is 0. The number of nitrogens with zero attached hydrogens (tertiary/aromatic N) is 2. The van der Waals surface area contributed by atoms with E-state index in [-0.39, 0.29) is 0 Å². The van der Waals surface area contributed by atoms with Crippen LogP contribution >= 0.6 is 0 Å². The number of aliphatic hydroxyl groups excluding tert-OH is 1. The average molecular weight is 226 g/mol. The fraction of sp³-hybridized carbons (Fsp3) is 0.923. The van der Waals surface area contributed by atoms with Crippen molar-refractivity contribution in [2.45, 2.75) is 46.0 Å². The second kappa shape index (κ2) is 10.9. The molecule has 0 spiro atoms. The van der Waals surface area contributed by atoms with Gasteiger partial charge in [0.15, 0.2) is 0 Å². The van der Waals surface area contributed by atoms with E-state index in [1.54, 1.807) is 0 Å². The Hall–Kier alpha value is -0.590. The zero-order chi connectivity index (χ0) is 12.2. The van der Waals surface area contributed by atoms with E-state index in [0.29, 0.717) is 18.9 Å². The molecule has 0 aliphatic carbocycles. The molecule has 94 valence electrons. The lowest BCUT2D eigenvalue weighted by Crippen LogP contribution is -2.29. The smallest absolute Gasteiger partial charge is 0.0635 e. The summed E-state index contributed by atoms with van der Waals surface area (Å²) in [6.07, 6.45) is 5.02. The Balaban J connectivity index is 3.61. The molecule has 0 atom stereocenters. The Labute approximate surface area is 100 Å². The van der Waals surface area contributed by atoms with Gasteiger partial charge in [0.2, 0.25) is 0 Å². The van der Waals surface area contributed by atoms with Crippen LogP contribution in [-0.4, -0.2) is 36.2 Å². The molecule has 0 aromatic carbocycles. The standard InChI is InChI=1S/C13H26N2O/c1-13(2)12-15(10-7-8-14)9-5-3-4-6-11-16/h13,16H,3-7,9-12H2,1-2H3. The monoisotopic (exact) mass is 226 g/mol. The van der Waals surface area contributed by atoms with Crippen LogP contribution in [0.4, 0.5) is 0 Å². The van der Waals surface area contributed by atoms with Crippen molar-refractivity contribution in [3.05, 3.63) is 0 Å². The van der Waals surface area contributed by atoms with Crippen molar-refractivity contribution in [3.63, 3.8) is 0 Å². The summed E-state index contributed by atoms with van der Waals surface area (Å²) in [5.41, 5.74) is 0. The highest BCUT2D eigenvalue weighted by atomic mass is 16.2. The predicted molar refractivity (Wildman–Crippen MR) is 67.1 cm³/mol. The molecule has 0 saturated carbocycles. The van der Waals surface area contributed by atoms with E-state index in [4.69, 9.17) is 10.4 Å². The predicted octanol–water partition coefficient (Wildman–Crippen LogP) is 2.41. The van der Waals surface area contributed by atoms with Gasteiger partial charge in [-0.25, -0.2) is 0 Å². The Bertz CT molecular complexity index is 187. The van der Waals surface area contributed by atoms with E-state index in [1.165, 1.54) is 12.8 Å². The van der Waals surface area contributed by atoms with Gasteiger partial charge in [0, 0.05) is 26.1 Å². The summed E-state index contributed by atoms with van der Waals surface area (Å²) < 4.78 is 0. The summed E-state index contributed by atoms with van der Waals surface area (Å²) in [5, 5.41) is 17.2. The lowest BCUT2D eigenvalue weighted by molar-refractivity contribution is 0.240. The number of aliphatic hydroxyl groups is 1. The van der Waals surface area contributed by atoms with E-state index in [1.807, 2.05) is 0 Å². The fourth-order valence-corrected chi connectivity index (χ4v) is 1.82. The molecule has 0 heterocycles. The van der Waals surface area contributed by atoms with Crippen LogP contribution in [0, 0.1) is 17.2 Å². The minimum Gasteiger partial charge on any atom is -0.396 e. The van der Waals surface area contributed by atoms with Crippen molar-refractivity contribution in [1.82, 2.24) is 4.90 Å². The minimum atomic E-state index is 0.310. The molecule has 0 aliphatic rings. The van der Waals surface area contributed by atoms with Gasteiger partial charge in [-0.15, -0.1) is 0 Å². The van der Waals surface area contributed by atoms with E-state index >= 15 is 0 Å². The quantitative estimate of drug-likeness (QED) is 0.582. The molecule has 0 radical (unpaired) electrons. The van der Waals surface area contributed by atoms with Gasteiger partial charge in [-0.05, 0) is 25.3 Å². The first-order valence-corrected chi connectivity index (χ1v) is 6.41. The normalized spacial score (nSPS) is 11.0. The summed E-state index contributed by atoms with van der Waals surface area (Å²) in [5.74, 6) is 0.663. The molecular weight excluding hydrogens is 200 g/mol. The van der Waals surface area contributed by atoms with Crippen molar-refractivity contribution < 1.29 is 5.11 Å². The number of nitriles is 1. The molecule has 0 amide bonds. The molecule has 3 heteroatoms. The van der Waals surface area contributed by atoms with Crippen LogP contribution in [0.5, 0.6) is 0 Å². The second-order valence-electron chi connectivity index (χ2n) is 4.74. The van der Waals surface area contributed by atoms with Crippen LogP contribution < -0.4 is 0 Å². The molecule has 0 rings (SSSR count). The summed E-state index contributed by atoms with van der Waals surface area (Å²) in [6, 6.07) is 2.21. The van der Waals surface area contributed by atoms with Crippen LogP contribution in [0.3, 0.4) is 0 Å². The first kappa shape index (κ1) is 15.4. The number of hydrogen-bond donors (Lipinski definition) is 1. The lowest BCUT2D eigenvalue weighted by Gasteiger charge is -2.23. The highest BCUT2D eigenvalue weighted by Crippen LogP contribution is 2.05. The second-order valence-corrected chi connectivity index (χ2v) is 4.74. The Morgan fingerprint density at radius 2 is 1.81 bits per heavy atom. The summed E-state index contributed by atoms with van der Waals surface area (Å²) in [7, 11) is 0. The van der Waals surface area contributed by atoms with Crippen molar-refractivity contribution in [3.8, 4) is 6.07 Å². The largest absolute Gasteiger partial charge is 0.396 e. The van der Waals surface area contributed by atoms with Gasteiger partial charge >= 0.3 is 0 Å². The van der Waals surface area contributed by atoms with E-state index in [9.17, 15) is 0 Å². The first-order chi connectivity index (χ1) is 7.70. The Kier molecular flexibility index (Phi) is 10.5. The van der Waals surface area contributed by atoms with Crippen LogP contribution in [0.1, 0.15) is 46.0 Å². The van der Waals surface area contributed by atoms with Crippen LogP contribution in [0.25, 0.3) is 0 Å². The molecular formula is C13H26N2O. The molecule has 0 saturated heterocycles. The zero-order valence-corrected chi connectivity index (χ0v) is 10.8. The SMILES string of the molecule is CC(C)CN(CCC#N)CCCCCCO. The first-order valence-electron chi connectivity index (χ1n) is 6.41. The number of unbranched alkanes of at least 4 members (excludes halogenated alkanes) is 3. The molecule has 0 unspecified atom stereocenters. The molecule has 0 bridgehead atoms. The van der Waals surface area contributed by atoms with Gasteiger partial charge in [0.1, 0.15) is 0 Å². The third kappa shape index (κ3) is 9.95. The Morgan fingerprint density at radius 3 is 2.38 bits per heavy atom. The van der Waals surface area contributed by atoms with Gasteiger partial charge in [0.05, 0.1) is 6.07 Å². The van der Waals surface area contributed by atoms with Crippen LogP contribution in [0.15, 0.2) is 0 Å². The third-order valence-corrected chi connectivity index (χ3v) is 2.55. The van der Waals surface area contributed by atoms with Crippen LogP contribution in [-0.2, 0) is 0 Å². The number of hydrogen-bond acceptors (Lipinski definition) is 3. The highest BCUT2D eigenvalue weighted by molar-refractivity contribution is 4.72. The molecule has 16 heavy (non-hydrogen) atoms. The van der Waals surface area contributed by atoms with E-state index in [2.05, 4.69) is 24.8 Å². The molecule has 0 aromatic rings. The Morgan fingerprint density at radius 1 is 1.12 bits per heavy atom. The number of rotatable bonds is 10. The topological polar surface area (TPSA) is 47.3 Å². The van der Waals surface area contributed by atoms with E-state index in [0.717, 1.165) is 32.5 Å². The summed E-state index contributed by atoms with van der Waals surface area (Å²) in [6.45, 7) is 7.81. The maximum Gasteiger partial charge on any atom is 0.0635 e. The molecule has 0 aromatic heterocycles. The maximum absolute atomic E-state index is 8.66. The van der Waals surface area contributed by atoms with Gasteiger partial charge < -0.3 is 10.0 Å². The maximum atomic E-state index is 8.66. The molecule has 0 aliphatic heterocycles. The molecule has 1 N–H and O–H groups in total. The van der Waals surface area contributed by atoms with E-state index < -0.39 is 0 Å². The summed E-state index contributed by atoms with van der Waals surface area (Å²) in [4.78, 5) is 2.38. The van der Waals surface area contributed by atoms with Gasteiger partial charge in [-0.2, -0.15) is 5.26 Å². The third-order valence-electron chi connectivity index (χ3n) is 2.55.